The number of nitrogens with zero attached hydrogens (tertiary/aromatic N) is 5. The van der Waals surface area contributed by atoms with Crippen molar-refractivity contribution in [1.82, 2.24) is 29.5 Å². The molecule has 3 aromatic heterocycles. The van der Waals surface area contributed by atoms with E-state index in [0.29, 0.717) is 34.0 Å². The zero-order valence-electron chi connectivity index (χ0n) is 20.2. The fourth-order valence-corrected chi connectivity index (χ4v) is 4.33. The van der Waals surface area contributed by atoms with Crippen LogP contribution in [-0.4, -0.2) is 41.8 Å². The van der Waals surface area contributed by atoms with Crippen molar-refractivity contribution in [3.8, 4) is 45.3 Å². The maximum Gasteiger partial charge on any atom is 0.318 e. The van der Waals surface area contributed by atoms with Crippen molar-refractivity contribution in [2.24, 2.45) is 0 Å². The van der Waals surface area contributed by atoms with E-state index >= 15 is 0 Å². The standard InChI is InChI=1S/C28H21N7O3/c1-38-20-14-12-18(13-15-20)22-24(32-27-29-16-30-28(37)33-27)31-25-21(17-8-4-2-5-9-17)23(34-35(25)26(22)36)19-10-6-3-7-11-19/h2-16,31H,1H3,(H2,29,30,32,33,37). The van der Waals surface area contributed by atoms with Crippen LogP contribution in [0.5, 0.6) is 11.8 Å². The molecule has 10 nitrogen and oxygen atoms in total. The predicted octanol–water partition coefficient (Wildman–Crippen LogP) is 4.67. The second kappa shape index (κ2) is 9.51. The molecule has 186 valence electrons. The van der Waals surface area contributed by atoms with E-state index in [1.165, 1.54) is 10.8 Å². The monoisotopic (exact) mass is 503 g/mol. The predicted molar refractivity (Wildman–Crippen MR) is 143 cm³/mol. The van der Waals surface area contributed by atoms with Gasteiger partial charge in [-0.1, -0.05) is 72.8 Å². The Bertz CT molecular complexity index is 1800. The van der Waals surface area contributed by atoms with Gasteiger partial charge in [-0.3, -0.25) is 4.79 Å². The minimum atomic E-state index is -0.447. The maximum absolute atomic E-state index is 14.1. The van der Waals surface area contributed by atoms with Crippen LogP contribution in [-0.2, 0) is 0 Å². The Balaban J connectivity index is 1.67. The van der Waals surface area contributed by atoms with Gasteiger partial charge in [-0.05, 0) is 23.3 Å². The lowest BCUT2D eigenvalue weighted by atomic mass is 10.0. The molecular weight excluding hydrogens is 482 g/mol. The van der Waals surface area contributed by atoms with E-state index in [4.69, 9.17) is 9.84 Å². The van der Waals surface area contributed by atoms with E-state index in [2.05, 4.69) is 25.3 Å². The van der Waals surface area contributed by atoms with Gasteiger partial charge < -0.3 is 20.1 Å². The molecule has 0 atom stereocenters. The van der Waals surface area contributed by atoms with Gasteiger partial charge in [0.25, 0.3) is 5.56 Å². The highest BCUT2D eigenvalue weighted by atomic mass is 16.5. The largest absolute Gasteiger partial charge is 0.497 e. The summed E-state index contributed by atoms with van der Waals surface area (Å²) in [5.74, 6) is 1.05. The highest BCUT2D eigenvalue weighted by Gasteiger charge is 2.23. The number of aromatic nitrogens is 6. The lowest BCUT2D eigenvalue weighted by Crippen LogP contribution is -2.20. The van der Waals surface area contributed by atoms with Gasteiger partial charge in [-0.25, -0.2) is 4.98 Å². The Morgan fingerprint density at radius 2 is 1.50 bits per heavy atom. The van der Waals surface area contributed by atoms with Crippen LogP contribution >= 0.6 is 0 Å². The topological polar surface area (TPSA) is 130 Å². The first kappa shape index (κ1) is 22.9. The van der Waals surface area contributed by atoms with Gasteiger partial charge in [-0.15, -0.1) is 0 Å². The van der Waals surface area contributed by atoms with Gasteiger partial charge in [0.15, 0.2) is 0 Å². The average molecular weight is 504 g/mol. The third-order valence-corrected chi connectivity index (χ3v) is 6.07. The lowest BCUT2D eigenvalue weighted by molar-refractivity contribution is 0.415. The summed E-state index contributed by atoms with van der Waals surface area (Å²) in [5, 5.41) is 17.6. The first-order valence-corrected chi connectivity index (χ1v) is 11.7. The number of aromatic hydroxyl groups is 1. The van der Waals surface area contributed by atoms with Crippen LogP contribution in [0.1, 0.15) is 0 Å². The number of rotatable bonds is 6. The quantitative estimate of drug-likeness (QED) is 0.299. The van der Waals surface area contributed by atoms with E-state index in [0.717, 1.165) is 16.7 Å². The number of hydrogen-bond acceptors (Lipinski definition) is 8. The SMILES string of the molecule is COc1ccc(-c2c(Nc3ncnc(O)n3)[nH]c3c(-c4ccccc4)c(-c4ccccc4)nn3c2=O)cc1. The lowest BCUT2D eigenvalue weighted by Gasteiger charge is -2.12. The summed E-state index contributed by atoms with van der Waals surface area (Å²) in [6.07, 6.45) is 1.18. The number of anilines is 2. The van der Waals surface area contributed by atoms with Crippen LogP contribution < -0.4 is 15.6 Å². The zero-order chi connectivity index (χ0) is 26.1. The third kappa shape index (κ3) is 4.09. The molecule has 3 aromatic carbocycles. The molecule has 6 aromatic rings. The van der Waals surface area contributed by atoms with Gasteiger partial charge in [0.05, 0.1) is 18.2 Å². The molecule has 0 spiro atoms. The van der Waals surface area contributed by atoms with Gasteiger partial charge in [-0.2, -0.15) is 19.6 Å². The number of aromatic amines is 1. The summed E-state index contributed by atoms with van der Waals surface area (Å²) in [5.41, 5.74) is 4.22. The molecule has 0 bridgehead atoms. The number of fused-ring (bicyclic) bond motifs is 1. The van der Waals surface area contributed by atoms with E-state index in [1.807, 2.05) is 60.7 Å². The maximum atomic E-state index is 14.1. The average Bonchev–Trinajstić information content (AvgIpc) is 3.34. The van der Waals surface area contributed by atoms with Gasteiger partial charge in [0.1, 0.15) is 29.2 Å². The minimum Gasteiger partial charge on any atom is -0.497 e. The summed E-state index contributed by atoms with van der Waals surface area (Å²) in [6.45, 7) is 0. The highest BCUT2D eigenvalue weighted by Crippen LogP contribution is 2.36. The van der Waals surface area contributed by atoms with Crippen molar-refractivity contribution in [2.45, 2.75) is 0 Å². The summed E-state index contributed by atoms with van der Waals surface area (Å²) in [4.78, 5) is 29.1. The van der Waals surface area contributed by atoms with Crippen LogP contribution in [0, 0.1) is 0 Å². The van der Waals surface area contributed by atoms with Crippen molar-refractivity contribution in [3.05, 3.63) is 102 Å². The van der Waals surface area contributed by atoms with Crippen molar-refractivity contribution >= 4 is 17.4 Å². The number of benzene rings is 3. The first-order chi connectivity index (χ1) is 18.6. The number of ether oxygens (including phenoxy) is 1. The molecule has 0 saturated heterocycles. The van der Waals surface area contributed by atoms with Gasteiger partial charge in [0, 0.05) is 5.56 Å². The van der Waals surface area contributed by atoms with Crippen LogP contribution in [0.2, 0.25) is 0 Å². The molecule has 0 unspecified atom stereocenters. The summed E-state index contributed by atoms with van der Waals surface area (Å²) < 4.78 is 6.66. The molecule has 3 N–H and O–H groups in total. The molecule has 0 amide bonds. The Labute approximate surface area is 216 Å². The van der Waals surface area contributed by atoms with Crippen molar-refractivity contribution in [1.29, 1.82) is 0 Å². The van der Waals surface area contributed by atoms with E-state index < -0.39 is 6.01 Å². The van der Waals surface area contributed by atoms with E-state index in [1.54, 1.807) is 31.4 Å². The molecule has 0 fully saturated rings. The normalized spacial score (nSPS) is 11.0. The summed E-state index contributed by atoms with van der Waals surface area (Å²) >= 11 is 0. The van der Waals surface area contributed by atoms with E-state index in [-0.39, 0.29) is 11.5 Å². The number of hydrogen-bond donors (Lipinski definition) is 3. The minimum absolute atomic E-state index is 0.0660. The Kier molecular flexibility index (Phi) is 5.74. The number of methoxy groups -OCH3 is 1. The molecule has 38 heavy (non-hydrogen) atoms. The summed E-state index contributed by atoms with van der Waals surface area (Å²) in [6, 6.07) is 26.1. The Morgan fingerprint density at radius 1 is 0.842 bits per heavy atom. The zero-order valence-corrected chi connectivity index (χ0v) is 20.2. The van der Waals surface area contributed by atoms with Gasteiger partial charge in [0.2, 0.25) is 5.95 Å². The fraction of sp³-hybridized carbons (Fsp3) is 0.0357. The second-order valence-corrected chi connectivity index (χ2v) is 8.36. The number of H-pyrrole nitrogens is 1. The third-order valence-electron chi connectivity index (χ3n) is 6.07. The van der Waals surface area contributed by atoms with Crippen LogP contribution in [0.25, 0.3) is 39.2 Å². The van der Waals surface area contributed by atoms with Crippen LogP contribution in [0.15, 0.2) is 96.1 Å². The Hall–Kier alpha value is -5.51. The molecule has 0 radical (unpaired) electrons. The molecule has 6 rings (SSSR count). The molecule has 0 saturated carbocycles. The first-order valence-electron chi connectivity index (χ1n) is 11.7. The Morgan fingerprint density at radius 3 is 2.16 bits per heavy atom. The second-order valence-electron chi connectivity index (χ2n) is 8.36. The summed E-state index contributed by atoms with van der Waals surface area (Å²) in [7, 11) is 1.58. The molecule has 10 heteroatoms. The molecule has 3 heterocycles. The van der Waals surface area contributed by atoms with E-state index in [9.17, 15) is 9.90 Å². The fourth-order valence-electron chi connectivity index (χ4n) is 4.33. The number of nitrogens with one attached hydrogen (secondary N) is 2. The smallest absolute Gasteiger partial charge is 0.318 e. The molecular formula is C28H21N7O3. The van der Waals surface area contributed by atoms with Gasteiger partial charge >= 0.3 is 6.01 Å². The van der Waals surface area contributed by atoms with Crippen molar-refractivity contribution in [3.63, 3.8) is 0 Å². The molecule has 0 aliphatic carbocycles. The molecule has 0 aliphatic rings. The van der Waals surface area contributed by atoms with Crippen LogP contribution in [0.4, 0.5) is 11.8 Å². The highest BCUT2D eigenvalue weighted by molar-refractivity contribution is 5.92. The van der Waals surface area contributed by atoms with Crippen LogP contribution in [0.3, 0.4) is 0 Å². The molecule has 0 aliphatic heterocycles. The van der Waals surface area contributed by atoms with Crippen molar-refractivity contribution < 1.29 is 9.84 Å². The van der Waals surface area contributed by atoms with Crippen molar-refractivity contribution in [2.75, 3.05) is 12.4 Å².